The molecule has 0 unspecified atom stereocenters. The van der Waals surface area contributed by atoms with Gasteiger partial charge in [-0.15, -0.1) is 11.3 Å². The number of halogens is 1. The molecule has 3 aromatic rings. The van der Waals surface area contributed by atoms with Crippen molar-refractivity contribution < 1.29 is 9.50 Å². The van der Waals surface area contributed by atoms with E-state index in [4.69, 9.17) is 0 Å². The second kappa shape index (κ2) is 7.93. The zero-order valence-corrected chi connectivity index (χ0v) is 15.1. The molecule has 132 valence electrons. The van der Waals surface area contributed by atoms with Crippen LogP contribution >= 0.6 is 11.3 Å². The van der Waals surface area contributed by atoms with Crippen molar-refractivity contribution in [3.8, 4) is 17.0 Å². The van der Waals surface area contributed by atoms with Crippen LogP contribution in [0.15, 0.2) is 76.2 Å². The van der Waals surface area contributed by atoms with Crippen molar-refractivity contribution in [3.63, 3.8) is 0 Å². The molecular formula is C20H18FN3OS. The molecule has 6 heteroatoms. The Labute approximate surface area is 154 Å². The van der Waals surface area contributed by atoms with Gasteiger partial charge in [0.2, 0.25) is 4.80 Å². The van der Waals surface area contributed by atoms with E-state index in [1.165, 1.54) is 23.6 Å². The van der Waals surface area contributed by atoms with Crippen molar-refractivity contribution in [2.45, 2.75) is 6.92 Å². The number of rotatable bonds is 5. The molecule has 26 heavy (non-hydrogen) atoms. The lowest BCUT2D eigenvalue weighted by molar-refractivity contribution is 0.474. The number of phenols is 1. The SMILES string of the molecule is C=C(C)CN=c1scc(-c2ccccc2F)n1N=Cc1ccccc1O. The summed E-state index contributed by atoms with van der Waals surface area (Å²) < 4.78 is 15.8. The maximum atomic E-state index is 14.3. The third kappa shape index (κ3) is 3.97. The molecule has 0 fully saturated rings. The summed E-state index contributed by atoms with van der Waals surface area (Å²) in [5, 5.41) is 16.2. The summed E-state index contributed by atoms with van der Waals surface area (Å²) in [5.74, 6) is -0.205. The van der Waals surface area contributed by atoms with Crippen molar-refractivity contribution in [2.75, 3.05) is 6.54 Å². The van der Waals surface area contributed by atoms with E-state index in [0.29, 0.717) is 28.2 Å². The van der Waals surface area contributed by atoms with Crippen molar-refractivity contribution in [1.29, 1.82) is 0 Å². The highest BCUT2D eigenvalue weighted by molar-refractivity contribution is 7.07. The van der Waals surface area contributed by atoms with Crippen LogP contribution in [0.3, 0.4) is 0 Å². The third-order valence-corrected chi connectivity index (χ3v) is 4.42. The van der Waals surface area contributed by atoms with Gasteiger partial charge in [0, 0.05) is 16.5 Å². The van der Waals surface area contributed by atoms with Crippen LogP contribution in [-0.2, 0) is 0 Å². The van der Waals surface area contributed by atoms with E-state index in [-0.39, 0.29) is 11.6 Å². The van der Waals surface area contributed by atoms with Gasteiger partial charge in [0.15, 0.2) is 0 Å². The Balaban J connectivity index is 2.12. The summed E-state index contributed by atoms with van der Waals surface area (Å²) in [6, 6.07) is 13.4. The fourth-order valence-corrected chi connectivity index (χ4v) is 3.12. The predicted molar refractivity (Wildman–Crippen MR) is 104 cm³/mol. The van der Waals surface area contributed by atoms with E-state index in [9.17, 15) is 9.50 Å². The first-order chi connectivity index (χ1) is 12.6. The first-order valence-electron chi connectivity index (χ1n) is 7.99. The molecule has 0 spiro atoms. The Hall–Kier alpha value is -2.99. The molecule has 0 bridgehead atoms. The monoisotopic (exact) mass is 367 g/mol. The second-order valence-corrected chi connectivity index (χ2v) is 6.61. The van der Waals surface area contributed by atoms with E-state index in [1.54, 1.807) is 41.1 Å². The van der Waals surface area contributed by atoms with Crippen molar-refractivity contribution in [1.82, 2.24) is 4.68 Å². The van der Waals surface area contributed by atoms with Gasteiger partial charge in [0.05, 0.1) is 18.5 Å². The average molecular weight is 367 g/mol. The minimum absolute atomic E-state index is 0.125. The number of aromatic nitrogens is 1. The van der Waals surface area contributed by atoms with Crippen LogP contribution in [-0.4, -0.2) is 22.5 Å². The summed E-state index contributed by atoms with van der Waals surface area (Å²) in [5.41, 5.74) is 2.52. The molecule has 0 radical (unpaired) electrons. The fourth-order valence-electron chi connectivity index (χ4n) is 2.29. The van der Waals surface area contributed by atoms with E-state index in [1.807, 2.05) is 18.4 Å². The highest BCUT2D eigenvalue weighted by atomic mass is 32.1. The Morgan fingerprint density at radius 1 is 1.23 bits per heavy atom. The van der Waals surface area contributed by atoms with Gasteiger partial charge in [0.25, 0.3) is 0 Å². The number of phenolic OH excluding ortho intramolecular Hbond substituents is 1. The molecule has 0 aliphatic rings. The molecule has 0 aliphatic heterocycles. The highest BCUT2D eigenvalue weighted by Crippen LogP contribution is 2.23. The maximum absolute atomic E-state index is 14.3. The van der Waals surface area contributed by atoms with E-state index < -0.39 is 0 Å². The van der Waals surface area contributed by atoms with Crippen LogP contribution in [0.1, 0.15) is 12.5 Å². The van der Waals surface area contributed by atoms with E-state index in [0.717, 1.165) is 5.57 Å². The number of hydrogen-bond acceptors (Lipinski definition) is 4. The summed E-state index contributed by atoms with van der Waals surface area (Å²) in [4.78, 5) is 5.12. The number of hydrogen-bond donors (Lipinski definition) is 1. The van der Waals surface area contributed by atoms with Crippen molar-refractivity contribution >= 4 is 17.6 Å². The van der Waals surface area contributed by atoms with Crippen LogP contribution in [0, 0.1) is 5.82 Å². The van der Waals surface area contributed by atoms with Gasteiger partial charge < -0.3 is 5.11 Å². The van der Waals surface area contributed by atoms with Crippen LogP contribution in [0.25, 0.3) is 11.3 Å². The van der Waals surface area contributed by atoms with Gasteiger partial charge in [-0.2, -0.15) is 5.10 Å². The highest BCUT2D eigenvalue weighted by Gasteiger charge is 2.11. The van der Waals surface area contributed by atoms with Gasteiger partial charge in [-0.3, -0.25) is 4.99 Å². The zero-order chi connectivity index (χ0) is 18.5. The predicted octanol–water partition coefficient (Wildman–Crippen LogP) is 4.42. The van der Waals surface area contributed by atoms with Crippen molar-refractivity contribution in [2.24, 2.45) is 10.1 Å². The molecule has 0 amide bonds. The molecule has 1 heterocycles. The fraction of sp³-hybridized carbons (Fsp3) is 0.100. The maximum Gasteiger partial charge on any atom is 0.206 e. The summed E-state index contributed by atoms with van der Waals surface area (Å²) in [7, 11) is 0. The van der Waals surface area contributed by atoms with Crippen LogP contribution in [0.5, 0.6) is 5.75 Å². The average Bonchev–Trinajstić information content (AvgIpc) is 3.02. The molecule has 2 aromatic carbocycles. The van der Waals surface area contributed by atoms with Crippen LogP contribution in [0.2, 0.25) is 0 Å². The van der Waals surface area contributed by atoms with Crippen molar-refractivity contribution in [3.05, 3.63) is 82.2 Å². The van der Waals surface area contributed by atoms with Gasteiger partial charge >= 0.3 is 0 Å². The molecular weight excluding hydrogens is 349 g/mol. The normalized spacial score (nSPS) is 12.0. The topological polar surface area (TPSA) is 49.9 Å². The Morgan fingerprint density at radius 2 is 1.96 bits per heavy atom. The standard InChI is InChI=1S/C20H18FN3OS/c1-14(2)11-22-20-24(23-12-15-7-3-6-10-19(15)25)18(13-26-20)16-8-4-5-9-17(16)21/h3-10,12-13,25H,1,11H2,2H3. The smallest absolute Gasteiger partial charge is 0.206 e. The summed E-state index contributed by atoms with van der Waals surface area (Å²) >= 11 is 1.37. The number of aromatic hydroxyl groups is 1. The zero-order valence-electron chi connectivity index (χ0n) is 14.3. The second-order valence-electron chi connectivity index (χ2n) is 5.77. The first-order valence-corrected chi connectivity index (χ1v) is 8.87. The molecule has 0 atom stereocenters. The van der Waals surface area contributed by atoms with E-state index >= 15 is 0 Å². The lowest BCUT2D eigenvalue weighted by atomic mass is 10.1. The van der Waals surface area contributed by atoms with Gasteiger partial charge in [-0.05, 0) is 31.2 Å². The van der Waals surface area contributed by atoms with Gasteiger partial charge in [-0.25, -0.2) is 9.07 Å². The lowest BCUT2D eigenvalue weighted by Gasteiger charge is -2.05. The molecule has 0 aliphatic carbocycles. The van der Waals surface area contributed by atoms with Crippen LogP contribution < -0.4 is 4.80 Å². The first kappa shape index (κ1) is 17.8. The number of thiazole rings is 1. The summed E-state index contributed by atoms with van der Waals surface area (Å²) in [6.45, 7) is 6.21. The molecule has 4 nitrogen and oxygen atoms in total. The minimum atomic E-state index is -0.330. The molecule has 0 saturated heterocycles. The molecule has 3 rings (SSSR count). The number of para-hydroxylation sites is 1. The van der Waals surface area contributed by atoms with Gasteiger partial charge in [0.1, 0.15) is 11.6 Å². The van der Waals surface area contributed by atoms with Gasteiger partial charge in [-0.1, -0.05) is 36.4 Å². The quantitative estimate of drug-likeness (QED) is 0.527. The largest absolute Gasteiger partial charge is 0.507 e. The van der Waals surface area contributed by atoms with E-state index in [2.05, 4.69) is 16.7 Å². The Kier molecular flexibility index (Phi) is 5.43. The molecule has 1 aromatic heterocycles. The Morgan fingerprint density at radius 3 is 2.69 bits per heavy atom. The Bertz CT molecular complexity index is 1030. The van der Waals surface area contributed by atoms with Crippen LogP contribution in [0.4, 0.5) is 4.39 Å². The minimum Gasteiger partial charge on any atom is -0.507 e. The number of benzene rings is 2. The third-order valence-electron chi connectivity index (χ3n) is 3.57. The lowest BCUT2D eigenvalue weighted by Crippen LogP contribution is -2.13. The number of nitrogens with zero attached hydrogens (tertiary/aromatic N) is 3. The molecule has 1 N–H and O–H groups in total. The molecule has 0 saturated carbocycles. The summed E-state index contributed by atoms with van der Waals surface area (Å²) in [6.07, 6.45) is 1.53.